The molecule has 0 saturated heterocycles. The first-order chi connectivity index (χ1) is 8.91. The van der Waals surface area contributed by atoms with Crippen LogP contribution in [0.15, 0.2) is 28.7 Å². The zero-order valence-electron chi connectivity index (χ0n) is 10.8. The van der Waals surface area contributed by atoms with Crippen LogP contribution in [0, 0.1) is 0 Å². The summed E-state index contributed by atoms with van der Waals surface area (Å²) in [4.78, 5) is 23.8. The number of hydrogen-bond acceptors (Lipinski definition) is 3. The van der Waals surface area contributed by atoms with Gasteiger partial charge in [0.2, 0.25) is 5.91 Å². The fourth-order valence-electron chi connectivity index (χ4n) is 1.35. The smallest absolute Gasteiger partial charge is 0.332 e. The number of halogens is 1. The lowest BCUT2D eigenvalue weighted by Crippen LogP contribution is -2.32. The van der Waals surface area contributed by atoms with E-state index in [-0.39, 0.29) is 12.5 Å². The van der Waals surface area contributed by atoms with Gasteiger partial charge in [-0.05, 0) is 18.6 Å². The molecule has 1 aromatic carbocycles. The second-order valence-electron chi connectivity index (χ2n) is 4.13. The highest BCUT2D eigenvalue weighted by Gasteiger charge is 2.16. The minimum absolute atomic E-state index is 0.242. The van der Waals surface area contributed by atoms with E-state index in [2.05, 4.69) is 15.9 Å². The van der Waals surface area contributed by atoms with Crippen LogP contribution in [-0.2, 0) is 20.9 Å². The summed E-state index contributed by atoms with van der Waals surface area (Å²) >= 11 is 3.41. The molecular formula is C13H16BrNO4. The van der Waals surface area contributed by atoms with Crippen molar-refractivity contribution in [1.29, 1.82) is 0 Å². The highest BCUT2D eigenvalue weighted by atomic mass is 79.9. The number of carbonyl (C=O) groups excluding carboxylic acids is 1. The van der Waals surface area contributed by atoms with Gasteiger partial charge in [-0.25, -0.2) is 4.79 Å². The number of carboxylic acids is 1. The molecule has 1 unspecified atom stereocenters. The Bertz CT molecular complexity index is 464. The Morgan fingerprint density at radius 2 is 2.05 bits per heavy atom. The van der Waals surface area contributed by atoms with Gasteiger partial charge in [-0.2, -0.15) is 0 Å². The molecule has 104 valence electrons. The molecule has 0 spiro atoms. The third-order valence-corrected chi connectivity index (χ3v) is 3.37. The number of carbonyl (C=O) groups is 2. The number of likely N-dealkylation sites (N-methyl/N-ethyl adjacent to an activating group) is 1. The molecule has 1 atom stereocenters. The number of nitrogens with zero attached hydrogens (tertiary/aromatic N) is 1. The van der Waals surface area contributed by atoms with E-state index in [0.717, 1.165) is 10.0 Å². The maximum Gasteiger partial charge on any atom is 0.332 e. The molecule has 0 heterocycles. The molecule has 0 aliphatic rings. The molecule has 0 saturated carbocycles. The summed E-state index contributed by atoms with van der Waals surface area (Å²) in [6, 6.07) is 7.60. The number of hydrogen-bond donors (Lipinski definition) is 1. The first kappa shape index (κ1) is 15.7. The van der Waals surface area contributed by atoms with E-state index in [9.17, 15) is 9.59 Å². The summed E-state index contributed by atoms with van der Waals surface area (Å²) in [6.07, 6.45) is -0.985. The van der Waals surface area contributed by atoms with Crippen molar-refractivity contribution in [2.24, 2.45) is 0 Å². The number of aliphatic carboxylic acids is 1. The Balaban J connectivity index is 2.50. The first-order valence-electron chi connectivity index (χ1n) is 5.73. The van der Waals surface area contributed by atoms with Gasteiger partial charge in [0.1, 0.15) is 6.61 Å². The van der Waals surface area contributed by atoms with Gasteiger partial charge in [-0.15, -0.1) is 0 Å². The fraction of sp³-hybridized carbons (Fsp3) is 0.385. The van der Waals surface area contributed by atoms with Crippen molar-refractivity contribution >= 4 is 27.8 Å². The average Bonchev–Trinajstić information content (AvgIpc) is 2.37. The lowest BCUT2D eigenvalue weighted by atomic mass is 10.2. The number of amides is 1. The van der Waals surface area contributed by atoms with Gasteiger partial charge in [0, 0.05) is 18.1 Å². The molecule has 1 aromatic rings. The van der Waals surface area contributed by atoms with Crippen LogP contribution in [-0.4, -0.2) is 41.6 Å². The molecule has 0 fully saturated rings. The van der Waals surface area contributed by atoms with Gasteiger partial charge >= 0.3 is 5.97 Å². The SMILES string of the molecule is CC(OCC(=O)N(C)Cc1ccccc1Br)C(=O)O. The average molecular weight is 330 g/mol. The molecular weight excluding hydrogens is 314 g/mol. The Morgan fingerprint density at radius 1 is 1.42 bits per heavy atom. The van der Waals surface area contributed by atoms with E-state index in [1.165, 1.54) is 11.8 Å². The minimum Gasteiger partial charge on any atom is -0.479 e. The van der Waals surface area contributed by atoms with Crippen molar-refractivity contribution in [3.8, 4) is 0 Å². The van der Waals surface area contributed by atoms with Gasteiger partial charge in [0.15, 0.2) is 6.10 Å². The van der Waals surface area contributed by atoms with Crippen molar-refractivity contribution in [2.45, 2.75) is 19.6 Å². The predicted molar refractivity (Wildman–Crippen MR) is 73.7 cm³/mol. The van der Waals surface area contributed by atoms with Crippen molar-refractivity contribution < 1.29 is 19.4 Å². The maximum absolute atomic E-state index is 11.8. The standard InChI is InChI=1S/C13H16BrNO4/c1-9(13(17)18)19-8-12(16)15(2)7-10-5-3-4-6-11(10)14/h3-6,9H,7-8H2,1-2H3,(H,17,18). The normalized spacial score (nSPS) is 11.9. The molecule has 19 heavy (non-hydrogen) atoms. The summed E-state index contributed by atoms with van der Waals surface area (Å²) in [5.74, 6) is -1.34. The molecule has 6 heteroatoms. The molecule has 5 nitrogen and oxygen atoms in total. The Morgan fingerprint density at radius 3 is 2.63 bits per heavy atom. The highest BCUT2D eigenvalue weighted by Crippen LogP contribution is 2.17. The van der Waals surface area contributed by atoms with E-state index in [0.29, 0.717) is 6.54 Å². The van der Waals surface area contributed by atoms with Gasteiger partial charge < -0.3 is 14.7 Å². The maximum atomic E-state index is 11.8. The van der Waals surface area contributed by atoms with E-state index in [4.69, 9.17) is 9.84 Å². The van der Waals surface area contributed by atoms with Crippen molar-refractivity contribution in [1.82, 2.24) is 4.90 Å². The fourth-order valence-corrected chi connectivity index (χ4v) is 1.76. The van der Waals surface area contributed by atoms with Crippen LogP contribution in [0.25, 0.3) is 0 Å². The summed E-state index contributed by atoms with van der Waals surface area (Å²) < 4.78 is 5.88. The second-order valence-corrected chi connectivity index (χ2v) is 4.99. The summed E-state index contributed by atoms with van der Waals surface area (Å²) in [5.41, 5.74) is 0.977. The van der Waals surface area contributed by atoms with E-state index < -0.39 is 12.1 Å². The van der Waals surface area contributed by atoms with Crippen LogP contribution in [0.5, 0.6) is 0 Å². The Hall–Kier alpha value is -1.40. The summed E-state index contributed by atoms with van der Waals surface area (Å²) in [5, 5.41) is 8.65. The van der Waals surface area contributed by atoms with Gasteiger partial charge in [-0.3, -0.25) is 4.79 Å². The predicted octanol–water partition coefficient (Wildman–Crippen LogP) is 1.90. The van der Waals surface area contributed by atoms with E-state index in [1.54, 1.807) is 7.05 Å². The molecule has 1 rings (SSSR count). The van der Waals surface area contributed by atoms with Crippen molar-refractivity contribution in [2.75, 3.05) is 13.7 Å². The molecule has 0 bridgehead atoms. The van der Waals surface area contributed by atoms with Crippen LogP contribution in [0.2, 0.25) is 0 Å². The lowest BCUT2D eigenvalue weighted by Gasteiger charge is -2.18. The topological polar surface area (TPSA) is 66.8 Å². The van der Waals surface area contributed by atoms with Crippen LogP contribution in [0.4, 0.5) is 0 Å². The monoisotopic (exact) mass is 329 g/mol. The molecule has 0 aliphatic carbocycles. The lowest BCUT2D eigenvalue weighted by molar-refractivity contribution is -0.152. The first-order valence-corrected chi connectivity index (χ1v) is 6.53. The van der Waals surface area contributed by atoms with Gasteiger partial charge in [-0.1, -0.05) is 34.1 Å². The van der Waals surface area contributed by atoms with Crippen LogP contribution in [0.1, 0.15) is 12.5 Å². The molecule has 1 N–H and O–H groups in total. The summed E-state index contributed by atoms with van der Waals surface area (Å²) in [7, 11) is 1.65. The van der Waals surface area contributed by atoms with Crippen molar-refractivity contribution in [3.05, 3.63) is 34.3 Å². The zero-order chi connectivity index (χ0) is 14.4. The highest BCUT2D eigenvalue weighted by molar-refractivity contribution is 9.10. The molecule has 0 radical (unpaired) electrons. The van der Waals surface area contributed by atoms with E-state index in [1.807, 2.05) is 24.3 Å². The number of carboxylic acid groups (broad SMARTS) is 1. The zero-order valence-corrected chi connectivity index (χ0v) is 12.4. The van der Waals surface area contributed by atoms with Crippen LogP contribution >= 0.6 is 15.9 Å². The largest absolute Gasteiger partial charge is 0.479 e. The quantitative estimate of drug-likeness (QED) is 0.865. The Kier molecular flexibility index (Phi) is 5.98. The van der Waals surface area contributed by atoms with Crippen LogP contribution in [0.3, 0.4) is 0 Å². The summed E-state index contributed by atoms with van der Waals surface area (Å²) in [6.45, 7) is 1.59. The molecule has 0 aliphatic heterocycles. The number of rotatable bonds is 6. The molecule has 0 aromatic heterocycles. The number of benzene rings is 1. The van der Waals surface area contributed by atoms with Gasteiger partial charge in [0.05, 0.1) is 0 Å². The second kappa shape index (κ2) is 7.25. The third kappa shape index (κ3) is 5.00. The third-order valence-electron chi connectivity index (χ3n) is 2.60. The van der Waals surface area contributed by atoms with Gasteiger partial charge in [0.25, 0.3) is 0 Å². The Labute approximate surface area is 120 Å². The molecule has 1 amide bonds. The van der Waals surface area contributed by atoms with Crippen LogP contribution < -0.4 is 0 Å². The van der Waals surface area contributed by atoms with Crippen molar-refractivity contribution in [3.63, 3.8) is 0 Å². The minimum atomic E-state index is -1.08. The number of ether oxygens (including phenoxy) is 1. The van der Waals surface area contributed by atoms with E-state index >= 15 is 0 Å².